The molecule has 2 heterocycles. The molecular weight excluding hydrogens is 215 g/mol. The van der Waals surface area contributed by atoms with E-state index in [0.717, 1.165) is 22.7 Å². The minimum atomic E-state index is -0.136. The molecule has 0 saturated carbocycles. The molecule has 1 saturated heterocycles. The normalized spacial score (nSPS) is 25.8. The minimum Gasteiger partial charge on any atom is -0.362 e. The molecule has 0 bridgehead atoms. The molecule has 0 spiro atoms. The van der Waals surface area contributed by atoms with Crippen LogP contribution in [0.2, 0.25) is 0 Å². The summed E-state index contributed by atoms with van der Waals surface area (Å²) in [5.41, 5.74) is 0.932. The molecule has 1 aliphatic heterocycles. The summed E-state index contributed by atoms with van der Waals surface area (Å²) in [6, 6.07) is 4.01. The lowest BCUT2D eigenvalue weighted by Gasteiger charge is -2.42. The van der Waals surface area contributed by atoms with Gasteiger partial charge in [-0.15, -0.1) is 0 Å². The van der Waals surface area contributed by atoms with Crippen LogP contribution in [0.1, 0.15) is 18.2 Å². The monoisotopic (exact) mass is 230 g/mol. The van der Waals surface area contributed by atoms with Crippen molar-refractivity contribution in [1.29, 1.82) is 0 Å². The largest absolute Gasteiger partial charge is 0.362 e. The Morgan fingerprint density at radius 3 is 2.69 bits per heavy atom. The summed E-state index contributed by atoms with van der Waals surface area (Å²) in [7, 11) is 7.75. The fourth-order valence-electron chi connectivity index (χ4n) is 1.96. The summed E-state index contributed by atoms with van der Waals surface area (Å²) in [4.78, 5) is 3.21. The molecule has 1 N–H and O–H groups in total. The van der Waals surface area contributed by atoms with E-state index in [9.17, 15) is 0 Å². The van der Waals surface area contributed by atoms with E-state index in [2.05, 4.69) is 31.5 Å². The van der Waals surface area contributed by atoms with Crippen molar-refractivity contribution >= 4 is 24.0 Å². The predicted octanol–water partition coefficient (Wildman–Crippen LogP) is 1.67. The molecule has 2 radical (unpaired) electrons. The first-order valence-corrected chi connectivity index (χ1v) is 5.98. The van der Waals surface area contributed by atoms with Crippen LogP contribution in [-0.2, 0) is 5.54 Å². The number of nitrogens with one attached hydrogen (secondary N) is 1. The Balaban J connectivity index is 2.33. The molecule has 1 aromatic rings. The van der Waals surface area contributed by atoms with E-state index in [-0.39, 0.29) is 5.54 Å². The molecule has 0 amide bonds. The molecular formula is C12H15BN2S. The van der Waals surface area contributed by atoms with Gasteiger partial charge < -0.3 is 10.2 Å². The Bertz CT molecular complexity index is 432. The van der Waals surface area contributed by atoms with Gasteiger partial charge >= 0.3 is 0 Å². The van der Waals surface area contributed by atoms with Crippen LogP contribution in [0.3, 0.4) is 0 Å². The van der Waals surface area contributed by atoms with Gasteiger partial charge in [0.1, 0.15) is 7.85 Å². The van der Waals surface area contributed by atoms with E-state index < -0.39 is 0 Å². The molecule has 1 fully saturated rings. The van der Waals surface area contributed by atoms with Gasteiger partial charge in [0, 0.05) is 24.0 Å². The van der Waals surface area contributed by atoms with Crippen LogP contribution in [0.25, 0.3) is 0 Å². The third-order valence-electron chi connectivity index (χ3n) is 3.03. The Labute approximate surface area is 102 Å². The van der Waals surface area contributed by atoms with E-state index in [0.29, 0.717) is 0 Å². The van der Waals surface area contributed by atoms with Crippen molar-refractivity contribution in [3.63, 3.8) is 0 Å². The van der Waals surface area contributed by atoms with Gasteiger partial charge in [-0.1, -0.05) is 19.2 Å². The zero-order valence-electron chi connectivity index (χ0n) is 9.71. The van der Waals surface area contributed by atoms with E-state index in [1.165, 1.54) is 4.88 Å². The smallest absolute Gasteiger partial charge is 0.128 e. The Hall–Kier alpha value is -1.16. The first-order valence-electron chi connectivity index (χ1n) is 5.17. The summed E-state index contributed by atoms with van der Waals surface area (Å²) in [6.45, 7) is 10.2. The fourth-order valence-corrected chi connectivity index (χ4v) is 2.84. The van der Waals surface area contributed by atoms with Gasteiger partial charge in [0.05, 0.1) is 11.4 Å². The van der Waals surface area contributed by atoms with Gasteiger partial charge in [0.25, 0.3) is 0 Å². The Morgan fingerprint density at radius 1 is 1.50 bits per heavy atom. The zero-order chi connectivity index (χ0) is 11.9. The lowest BCUT2D eigenvalue weighted by molar-refractivity contribution is 0.272. The topological polar surface area (TPSA) is 15.3 Å². The van der Waals surface area contributed by atoms with Crippen LogP contribution >= 0.6 is 11.3 Å². The average molecular weight is 230 g/mol. The maximum absolute atomic E-state index is 5.78. The van der Waals surface area contributed by atoms with Crippen molar-refractivity contribution < 1.29 is 0 Å². The highest BCUT2D eigenvalue weighted by molar-refractivity contribution is 7.20. The van der Waals surface area contributed by atoms with Crippen molar-refractivity contribution in [2.24, 2.45) is 0 Å². The highest BCUT2D eigenvalue weighted by Gasteiger charge is 2.34. The Morgan fingerprint density at radius 2 is 2.19 bits per heavy atom. The second-order valence-corrected chi connectivity index (χ2v) is 5.52. The number of nitrogens with zero attached hydrogens (tertiary/aromatic N) is 1. The van der Waals surface area contributed by atoms with Gasteiger partial charge in [0.15, 0.2) is 0 Å². The third-order valence-corrected chi connectivity index (χ3v) is 4.21. The van der Waals surface area contributed by atoms with Gasteiger partial charge in [-0.05, 0) is 17.8 Å². The first kappa shape index (κ1) is 11.3. The highest BCUT2D eigenvalue weighted by Crippen LogP contribution is 2.36. The number of hydrogen-bond donors (Lipinski definition) is 1. The molecule has 1 atom stereocenters. The summed E-state index contributed by atoms with van der Waals surface area (Å²) in [5, 5.41) is 3.43. The molecule has 2 nitrogen and oxygen atoms in total. The fraction of sp³-hybridized carbons (Fsp3) is 0.333. The maximum Gasteiger partial charge on any atom is 0.128 e. The van der Waals surface area contributed by atoms with E-state index in [1.807, 2.05) is 18.0 Å². The Kier molecular flexibility index (Phi) is 2.62. The number of thiophene rings is 1. The van der Waals surface area contributed by atoms with Crippen LogP contribution in [0.4, 0.5) is 0 Å². The number of rotatable bonds is 1. The van der Waals surface area contributed by atoms with Crippen LogP contribution in [-0.4, -0.2) is 19.8 Å². The molecule has 82 valence electrons. The second kappa shape index (κ2) is 3.70. The molecule has 1 aliphatic rings. The molecule has 0 aliphatic carbocycles. The van der Waals surface area contributed by atoms with E-state index in [4.69, 9.17) is 7.85 Å². The van der Waals surface area contributed by atoms with Crippen molar-refractivity contribution in [2.75, 3.05) is 7.05 Å². The molecule has 16 heavy (non-hydrogen) atoms. The molecule has 0 aromatic carbocycles. The summed E-state index contributed by atoms with van der Waals surface area (Å²) in [5.74, 6) is 0.880. The van der Waals surface area contributed by atoms with Gasteiger partial charge in [-0.25, -0.2) is 0 Å². The quantitative estimate of drug-likeness (QED) is 0.738. The lowest BCUT2D eigenvalue weighted by atomic mass is 9.91. The van der Waals surface area contributed by atoms with E-state index >= 15 is 0 Å². The summed E-state index contributed by atoms with van der Waals surface area (Å²) in [6.07, 6.45) is 0.864. The van der Waals surface area contributed by atoms with Crippen LogP contribution < -0.4 is 10.1 Å². The zero-order valence-corrected chi connectivity index (χ0v) is 10.5. The lowest BCUT2D eigenvalue weighted by Crippen LogP contribution is -2.48. The maximum atomic E-state index is 5.78. The van der Waals surface area contributed by atoms with Crippen molar-refractivity contribution in [1.82, 2.24) is 10.2 Å². The molecule has 2 rings (SSSR count). The SMILES string of the molecule is [B]c1ccc([C@]2(C)CC(=C)N(C)C(=C)N2)s1. The van der Waals surface area contributed by atoms with Crippen molar-refractivity contribution in [2.45, 2.75) is 18.9 Å². The second-order valence-electron chi connectivity index (χ2n) is 4.41. The summed E-state index contributed by atoms with van der Waals surface area (Å²) >= 11 is 1.61. The average Bonchev–Trinajstić information content (AvgIpc) is 2.62. The minimum absolute atomic E-state index is 0.136. The molecule has 4 heteroatoms. The molecule has 1 aromatic heterocycles. The van der Waals surface area contributed by atoms with Crippen LogP contribution in [0.15, 0.2) is 36.8 Å². The van der Waals surface area contributed by atoms with Crippen LogP contribution in [0.5, 0.6) is 0 Å². The molecule has 0 unspecified atom stereocenters. The van der Waals surface area contributed by atoms with Crippen molar-refractivity contribution in [3.8, 4) is 0 Å². The van der Waals surface area contributed by atoms with Gasteiger partial charge in [-0.3, -0.25) is 0 Å². The number of hydrogen-bond acceptors (Lipinski definition) is 3. The van der Waals surface area contributed by atoms with Gasteiger partial charge in [0.2, 0.25) is 0 Å². The summed E-state index contributed by atoms with van der Waals surface area (Å²) < 4.78 is 0.841. The van der Waals surface area contributed by atoms with Crippen LogP contribution in [0, 0.1) is 0 Å². The standard InChI is InChI=1S/C12H15BN2S/c1-8-7-12(3,14-9(2)15(8)4)10-5-6-11(13)16-10/h5-6,14H,1-2,7H2,3-4H3/t12-/m0/s1. The van der Waals surface area contributed by atoms with Gasteiger partial charge in [-0.2, -0.15) is 11.3 Å². The van der Waals surface area contributed by atoms with Crippen molar-refractivity contribution in [3.05, 3.63) is 41.7 Å². The predicted molar refractivity (Wildman–Crippen MR) is 70.9 cm³/mol. The third kappa shape index (κ3) is 1.78. The first-order chi connectivity index (χ1) is 7.42. The van der Waals surface area contributed by atoms with E-state index in [1.54, 1.807) is 11.3 Å². The highest BCUT2D eigenvalue weighted by atomic mass is 32.1.